The molecule has 28 heavy (non-hydrogen) atoms. The lowest BCUT2D eigenvalue weighted by Crippen LogP contribution is -2.27. The highest BCUT2D eigenvalue weighted by Gasteiger charge is 2.36. The molecule has 1 fully saturated rings. The highest BCUT2D eigenvalue weighted by Crippen LogP contribution is 2.36. The molecule has 1 aliphatic heterocycles. The van der Waals surface area contributed by atoms with Crippen LogP contribution in [0.5, 0.6) is 11.5 Å². The molecule has 0 saturated carbocycles. The number of aliphatic carboxylic acids is 1. The average molecular weight is 399 g/mol. The normalized spacial score (nSPS) is 16.5. The second-order valence-electron chi connectivity index (χ2n) is 5.96. The summed E-state index contributed by atoms with van der Waals surface area (Å²) in [5.74, 6) is -1.24. The number of imide groups is 1. The number of nitrogens with zero attached hydrogens (tertiary/aromatic N) is 1. The Hall–Kier alpha value is -3.26. The summed E-state index contributed by atoms with van der Waals surface area (Å²) in [5, 5.41) is 18.2. The Morgan fingerprint density at radius 1 is 1.21 bits per heavy atom. The molecule has 0 aliphatic carbocycles. The number of amides is 2. The van der Waals surface area contributed by atoms with Gasteiger partial charge in [0.05, 0.1) is 10.6 Å². The van der Waals surface area contributed by atoms with Gasteiger partial charge in [0.15, 0.2) is 6.10 Å². The molecule has 2 N–H and O–H groups in total. The Labute approximate surface area is 165 Å². The number of aromatic hydroxyl groups is 1. The Kier molecular flexibility index (Phi) is 5.70. The molecule has 1 saturated heterocycles. The van der Waals surface area contributed by atoms with Gasteiger partial charge in [-0.1, -0.05) is 25.1 Å². The number of hydrogen-bond acceptors (Lipinski definition) is 6. The third-order valence-electron chi connectivity index (χ3n) is 3.96. The first-order chi connectivity index (χ1) is 13.4. The van der Waals surface area contributed by atoms with Gasteiger partial charge in [0.25, 0.3) is 11.1 Å². The maximum Gasteiger partial charge on any atom is 0.344 e. The highest BCUT2D eigenvalue weighted by molar-refractivity contribution is 8.19. The Morgan fingerprint density at radius 3 is 2.64 bits per heavy atom. The van der Waals surface area contributed by atoms with E-state index in [0.717, 1.165) is 16.7 Å². The summed E-state index contributed by atoms with van der Waals surface area (Å²) in [5.41, 5.74) is 0.884. The Morgan fingerprint density at radius 2 is 1.96 bits per heavy atom. The predicted molar refractivity (Wildman–Crippen MR) is 105 cm³/mol. The van der Waals surface area contributed by atoms with Crippen LogP contribution in [0.15, 0.2) is 53.4 Å². The molecule has 0 radical (unpaired) electrons. The quantitative estimate of drug-likeness (QED) is 0.711. The van der Waals surface area contributed by atoms with Gasteiger partial charge in [-0.3, -0.25) is 9.59 Å². The van der Waals surface area contributed by atoms with Gasteiger partial charge in [-0.05, 0) is 54.1 Å². The van der Waals surface area contributed by atoms with E-state index >= 15 is 0 Å². The molecule has 0 aromatic heterocycles. The van der Waals surface area contributed by atoms with Crippen molar-refractivity contribution in [2.45, 2.75) is 19.4 Å². The summed E-state index contributed by atoms with van der Waals surface area (Å²) >= 11 is 0.788. The van der Waals surface area contributed by atoms with E-state index in [2.05, 4.69) is 0 Å². The standard InChI is InChI=1S/C20H17NO6S/c1-2-16(19(24)25)27-15-8-3-5-12(9-15)10-17-18(23)21(20(26)28-17)13-6-4-7-14(22)11-13/h3-11,16,22H,2H2,1H3,(H,24,25)/b17-10+. The van der Waals surface area contributed by atoms with Gasteiger partial charge in [-0.15, -0.1) is 0 Å². The zero-order valence-electron chi connectivity index (χ0n) is 14.9. The summed E-state index contributed by atoms with van der Waals surface area (Å²) in [6.07, 6.45) is 0.887. The van der Waals surface area contributed by atoms with Crippen molar-refractivity contribution in [3.05, 3.63) is 59.0 Å². The number of phenols is 1. The summed E-state index contributed by atoms with van der Waals surface area (Å²) < 4.78 is 5.46. The minimum Gasteiger partial charge on any atom is -0.508 e. The number of anilines is 1. The molecule has 8 heteroatoms. The van der Waals surface area contributed by atoms with Gasteiger partial charge < -0.3 is 14.9 Å². The molecule has 7 nitrogen and oxygen atoms in total. The first-order valence-corrected chi connectivity index (χ1v) is 9.27. The summed E-state index contributed by atoms with van der Waals surface area (Å²) in [6, 6.07) is 12.5. The van der Waals surface area contributed by atoms with Crippen LogP contribution in [0.1, 0.15) is 18.9 Å². The Balaban J connectivity index is 1.84. The fourth-order valence-corrected chi connectivity index (χ4v) is 3.47. The van der Waals surface area contributed by atoms with Gasteiger partial charge >= 0.3 is 5.97 Å². The van der Waals surface area contributed by atoms with E-state index in [9.17, 15) is 19.5 Å². The predicted octanol–water partition coefficient (Wildman–Crippen LogP) is 3.88. The van der Waals surface area contributed by atoms with Crippen LogP contribution in [0.3, 0.4) is 0 Å². The molecule has 3 rings (SSSR count). The van der Waals surface area contributed by atoms with Crippen LogP contribution in [0.25, 0.3) is 6.08 Å². The molecule has 0 bridgehead atoms. The molecular formula is C20H17NO6S. The number of ether oxygens (including phenoxy) is 1. The zero-order chi connectivity index (χ0) is 20.3. The van der Waals surface area contributed by atoms with Crippen molar-refractivity contribution in [1.82, 2.24) is 0 Å². The molecule has 2 amide bonds. The fourth-order valence-electron chi connectivity index (χ4n) is 2.62. The molecule has 2 aromatic rings. The van der Waals surface area contributed by atoms with Crippen molar-refractivity contribution in [2.24, 2.45) is 0 Å². The van der Waals surface area contributed by atoms with Crippen LogP contribution < -0.4 is 9.64 Å². The second kappa shape index (κ2) is 8.18. The number of carboxylic acid groups (broad SMARTS) is 1. The topological polar surface area (TPSA) is 104 Å². The van der Waals surface area contributed by atoms with Crippen LogP contribution in [0.2, 0.25) is 0 Å². The maximum atomic E-state index is 12.7. The average Bonchev–Trinajstić information content (AvgIpc) is 2.93. The Bertz CT molecular complexity index is 971. The van der Waals surface area contributed by atoms with Gasteiger partial charge in [-0.25, -0.2) is 9.69 Å². The van der Waals surface area contributed by atoms with Crippen molar-refractivity contribution >= 4 is 40.6 Å². The van der Waals surface area contributed by atoms with Gasteiger partial charge in [0.2, 0.25) is 0 Å². The third-order valence-corrected chi connectivity index (χ3v) is 4.83. The molecule has 1 atom stereocenters. The molecule has 1 unspecified atom stereocenters. The molecule has 144 valence electrons. The third kappa shape index (κ3) is 4.17. The molecule has 2 aromatic carbocycles. The summed E-state index contributed by atoms with van der Waals surface area (Å²) in [7, 11) is 0. The fraction of sp³-hybridized carbons (Fsp3) is 0.150. The van der Waals surface area contributed by atoms with E-state index in [4.69, 9.17) is 9.84 Å². The van der Waals surface area contributed by atoms with Crippen molar-refractivity contribution in [3.63, 3.8) is 0 Å². The minimum absolute atomic E-state index is 0.0470. The van der Waals surface area contributed by atoms with Crippen molar-refractivity contribution < 1.29 is 29.3 Å². The van der Waals surface area contributed by atoms with Crippen molar-refractivity contribution in [3.8, 4) is 11.5 Å². The lowest BCUT2D eigenvalue weighted by molar-refractivity contribution is -0.145. The first kappa shape index (κ1) is 19.5. The zero-order valence-corrected chi connectivity index (χ0v) is 15.7. The smallest absolute Gasteiger partial charge is 0.344 e. The minimum atomic E-state index is -1.06. The van der Waals surface area contributed by atoms with E-state index in [1.807, 2.05) is 0 Å². The monoisotopic (exact) mass is 399 g/mol. The van der Waals surface area contributed by atoms with Gasteiger partial charge in [0, 0.05) is 6.07 Å². The van der Waals surface area contributed by atoms with E-state index < -0.39 is 23.2 Å². The van der Waals surface area contributed by atoms with E-state index in [0.29, 0.717) is 17.7 Å². The van der Waals surface area contributed by atoms with Crippen LogP contribution in [-0.4, -0.2) is 33.4 Å². The lowest BCUT2D eigenvalue weighted by atomic mass is 10.2. The summed E-state index contributed by atoms with van der Waals surface area (Å²) in [4.78, 5) is 37.3. The summed E-state index contributed by atoms with van der Waals surface area (Å²) in [6.45, 7) is 1.71. The van der Waals surface area contributed by atoms with Crippen LogP contribution in [-0.2, 0) is 9.59 Å². The van der Waals surface area contributed by atoms with E-state index in [-0.39, 0.29) is 16.3 Å². The molecule has 0 spiro atoms. The van der Waals surface area contributed by atoms with E-state index in [1.54, 1.807) is 49.4 Å². The van der Waals surface area contributed by atoms with Crippen molar-refractivity contribution in [2.75, 3.05) is 4.90 Å². The van der Waals surface area contributed by atoms with Crippen LogP contribution in [0, 0.1) is 0 Å². The molecule has 1 aliphatic rings. The number of carbonyl (C=O) groups is 3. The lowest BCUT2D eigenvalue weighted by Gasteiger charge is -2.13. The van der Waals surface area contributed by atoms with Gasteiger partial charge in [-0.2, -0.15) is 0 Å². The number of phenolic OH excluding ortho intramolecular Hbond substituents is 1. The number of carbonyl (C=O) groups excluding carboxylic acids is 2. The number of benzene rings is 2. The number of hydrogen-bond donors (Lipinski definition) is 2. The second-order valence-corrected chi connectivity index (χ2v) is 6.96. The first-order valence-electron chi connectivity index (χ1n) is 8.45. The number of thioether (sulfide) groups is 1. The van der Waals surface area contributed by atoms with Crippen LogP contribution in [0.4, 0.5) is 10.5 Å². The largest absolute Gasteiger partial charge is 0.508 e. The highest BCUT2D eigenvalue weighted by atomic mass is 32.2. The number of carboxylic acids is 1. The maximum absolute atomic E-state index is 12.7. The number of rotatable bonds is 6. The van der Waals surface area contributed by atoms with Gasteiger partial charge in [0.1, 0.15) is 11.5 Å². The van der Waals surface area contributed by atoms with E-state index in [1.165, 1.54) is 12.1 Å². The van der Waals surface area contributed by atoms with Crippen molar-refractivity contribution in [1.29, 1.82) is 0 Å². The molecular weight excluding hydrogens is 382 g/mol. The SMILES string of the molecule is CCC(Oc1cccc(/C=C2/SC(=O)N(c3cccc(O)c3)C2=O)c1)C(=O)O. The van der Waals surface area contributed by atoms with Crippen LogP contribution >= 0.6 is 11.8 Å². The molecule has 1 heterocycles.